The topological polar surface area (TPSA) is 84.9 Å². The lowest BCUT2D eigenvalue weighted by molar-refractivity contribution is 0.0697. The van der Waals surface area contributed by atoms with Gasteiger partial charge in [0.2, 0.25) is 0 Å². The minimum atomic E-state index is -1.11. The molecule has 0 unspecified atom stereocenters. The third-order valence-corrected chi connectivity index (χ3v) is 2.48. The molecule has 0 aliphatic heterocycles. The number of carboxylic acid groups (broad SMARTS) is 1. The standard InChI is InChI=1S/C13H6N2O2/c14-6-8-2-1-3-11-10(7-15)4-9(13(16)17)5-12(8)11/h1-5H,(H,16,17). The van der Waals surface area contributed by atoms with Crippen molar-refractivity contribution >= 4 is 16.7 Å². The zero-order valence-corrected chi connectivity index (χ0v) is 8.64. The van der Waals surface area contributed by atoms with E-state index >= 15 is 0 Å². The first-order chi connectivity index (χ1) is 8.17. The van der Waals surface area contributed by atoms with Gasteiger partial charge in [0.25, 0.3) is 0 Å². The van der Waals surface area contributed by atoms with Crippen LogP contribution in [0, 0.1) is 22.7 Å². The van der Waals surface area contributed by atoms with Crippen molar-refractivity contribution in [3.05, 3.63) is 47.0 Å². The maximum absolute atomic E-state index is 10.9. The number of benzene rings is 2. The van der Waals surface area contributed by atoms with Crippen molar-refractivity contribution < 1.29 is 9.90 Å². The van der Waals surface area contributed by atoms with E-state index in [4.69, 9.17) is 15.6 Å². The highest BCUT2D eigenvalue weighted by atomic mass is 16.4. The molecule has 0 radical (unpaired) electrons. The van der Waals surface area contributed by atoms with Crippen LogP contribution in [0.15, 0.2) is 30.3 Å². The van der Waals surface area contributed by atoms with Crippen LogP contribution in [0.3, 0.4) is 0 Å². The molecule has 0 spiro atoms. The zero-order chi connectivity index (χ0) is 12.4. The third-order valence-electron chi connectivity index (χ3n) is 2.48. The Bertz CT molecular complexity index is 706. The number of rotatable bonds is 1. The number of hydrogen-bond acceptors (Lipinski definition) is 3. The quantitative estimate of drug-likeness (QED) is 0.802. The van der Waals surface area contributed by atoms with Crippen LogP contribution in [0.1, 0.15) is 21.5 Å². The summed E-state index contributed by atoms with van der Waals surface area (Å²) in [6.45, 7) is 0. The van der Waals surface area contributed by atoms with Crippen LogP contribution in [0.5, 0.6) is 0 Å². The van der Waals surface area contributed by atoms with Gasteiger partial charge in [-0.15, -0.1) is 0 Å². The molecule has 4 heteroatoms. The molecule has 0 saturated carbocycles. The Morgan fingerprint density at radius 3 is 2.35 bits per heavy atom. The lowest BCUT2D eigenvalue weighted by Crippen LogP contribution is -1.98. The van der Waals surface area contributed by atoms with E-state index in [1.165, 1.54) is 12.1 Å². The molecule has 0 saturated heterocycles. The number of aromatic carboxylic acids is 1. The van der Waals surface area contributed by atoms with Gasteiger partial charge in [-0.1, -0.05) is 12.1 Å². The highest BCUT2D eigenvalue weighted by Gasteiger charge is 2.11. The molecule has 1 N–H and O–H groups in total. The molecule has 0 aliphatic carbocycles. The van der Waals surface area contributed by atoms with Gasteiger partial charge in [0, 0.05) is 10.8 Å². The van der Waals surface area contributed by atoms with Gasteiger partial charge in [0.15, 0.2) is 0 Å². The fraction of sp³-hybridized carbons (Fsp3) is 0. The summed E-state index contributed by atoms with van der Waals surface area (Å²) in [4.78, 5) is 10.9. The molecule has 17 heavy (non-hydrogen) atoms. The third kappa shape index (κ3) is 1.68. The smallest absolute Gasteiger partial charge is 0.335 e. The second-order valence-corrected chi connectivity index (χ2v) is 3.45. The summed E-state index contributed by atoms with van der Waals surface area (Å²) < 4.78 is 0. The maximum atomic E-state index is 10.9. The van der Waals surface area contributed by atoms with Crippen LogP contribution in [0.25, 0.3) is 10.8 Å². The van der Waals surface area contributed by atoms with E-state index in [2.05, 4.69) is 0 Å². The molecule has 0 aromatic heterocycles. The van der Waals surface area contributed by atoms with Gasteiger partial charge < -0.3 is 5.11 Å². The molecule has 0 aliphatic rings. The van der Waals surface area contributed by atoms with Crippen molar-refractivity contribution in [1.82, 2.24) is 0 Å². The Morgan fingerprint density at radius 1 is 1.06 bits per heavy atom. The lowest BCUT2D eigenvalue weighted by atomic mass is 9.98. The minimum Gasteiger partial charge on any atom is -0.478 e. The van der Waals surface area contributed by atoms with E-state index in [0.717, 1.165) is 0 Å². The molecule has 0 bridgehead atoms. The van der Waals surface area contributed by atoms with Crippen LogP contribution in [-0.4, -0.2) is 11.1 Å². The van der Waals surface area contributed by atoms with E-state index in [9.17, 15) is 4.79 Å². The van der Waals surface area contributed by atoms with E-state index in [-0.39, 0.29) is 11.1 Å². The summed E-state index contributed by atoms with van der Waals surface area (Å²) in [6, 6.07) is 11.6. The fourth-order valence-electron chi connectivity index (χ4n) is 1.70. The summed E-state index contributed by atoms with van der Waals surface area (Å²) in [6.07, 6.45) is 0. The number of nitriles is 2. The van der Waals surface area contributed by atoms with Crippen molar-refractivity contribution in [3.8, 4) is 12.1 Å². The Kier molecular flexibility index (Phi) is 2.48. The van der Waals surface area contributed by atoms with Crippen LogP contribution in [0.2, 0.25) is 0 Å². The van der Waals surface area contributed by atoms with E-state index < -0.39 is 5.97 Å². The monoisotopic (exact) mass is 222 g/mol. The zero-order valence-electron chi connectivity index (χ0n) is 8.64. The van der Waals surface area contributed by atoms with Crippen LogP contribution >= 0.6 is 0 Å². The second-order valence-electron chi connectivity index (χ2n) is 3.45. The SMILES string of the molecule is N#Cc1cc(C(=O)O)cc2c(C#N)cccc12. The predicted molar refractivity (Wildman–Crippen MR) is 60.3 cm³/mol. The summed E-state index contributed by atoms with van der Waals surface area (Å²) >= 11 is 0. The summed E-state index contributed by atoms with van der Waals surface area (Å²) in [5, 5.41) is 27.9. The maximum Gasteiger partial charge on any atom is 0.335 e. The van der Waals surface area contributed by atoms with Crippen molar-refractivity contribution in [1.29, 1.82) is 10.5 Å². The fourth-order valence-corrected chi connectivity index (χ4v) is 1.70. The van der Waals surface area contributed by atoms with E-state index in [0.29, 0.717) is 16.3 Å². The summed E-state index contributed by atoms with van der Waals surface area (Å²) in [7, 11) is 0. The van der Waals surface area contributed by atoms with Crippen LogP contribution < -0.4 is 0 Å². The Morgan fingerprint density at radius 2 is 1.76 bits per heavy atom. The van der Waals surface area contributed by atoms with Gasteiger partial charge in [-0.3, -0.25) is 0 Å². The molecule has 2 aromatic carbocycles. The van der Waals surface area contributed by atoms with E-state index in [1.807, 2.05) is 12.1 Å². The van der Waals surface area contributed by atoms with Gasteiger partial charge >= 0.3 is 5.97 Å². The lowest BCUT2D eigenvalue weighted by Gasteiger charge is -2.04. The molecule has 0 heterocycles. The first-order valence-electron chi connectivity index (χ1n) is 4.77. The molecule has 2 aromatic rings. The number of hydrogen-bond donors (Lipinski definition) is 1. The van der Waals surface area contributed by atoms with Crippen LogP contribution in [0.4, 0.5) is 0 Å². The normalized spacial score (nSPS) is 9.53. The number of fused-ring (bicyclic) bond motifs is 1. The molecule has 4 nitrogen and oxygen atoms in total. The van der Waals surface area contributed by atoms with Gasteiger partial charge in [-0.2, -0.15) is 10.5 Å². The van der Waals surface area contributed by atoms with Gasteiger partial charge in [-0.25, -0.2) is 4.79 Å². The van der Waals surface area contributed by atoms with Crippen molar-refractivity contribution in [2.45, 2.75) is 0 Å². The molecule has 0 fully saturated rings. The van der Waals surface area contributed by atoms with Gasteiger partial charge in [-0.05, 0) is 18.2 Å². The molecular weight excluding hydrogens is 216 g/mol. The minimum absolute atomic E-state index is 0.0109. The molecule has 0 atom stereocenters. The highest BCUT2D eigenvalue weighted by Crippen LogP contribution is 2.23. The van der Waals surface area contributed by atoms with E-state index in [1.54, 1.807) is 18.2 Å². The second kappa shape index (κ2) is 3.96. The average Bonchev–Trinajstić information content (AvgIpc) is 2.36. The Hall–Kier alpha value is -2.85. The number of nitrogens with zero attached hydrogens (tertiary/aromatic N) is 2. The largest absolute Gasteiger partial charge is 0.478 e. The van der Waals surface area contributed by atoms with Gasteiger partial charge in [0.05, 0.1) is 28.8 Å². The summed E-state index contributed by atoms with van der Waals surface area (Å²) in [5.41, 5.74) is 0.635. The van der Waals surface area contributed by atoms with Crippen LogP contribution in [-0.2, 0) is 0 Å². The molecular formula is C13H6N2O2. The van der Waals surface area contributed by atoms with Crippen molar-refractivity contribution in [2.24, 2.45) is 0 Å². The average molecular weight is 222 g/mol. The Labute approximate surface area is 96.9 Å². The first kappa shape index (κ1) is 10.7. The predicted octanol–water partition coefficient (Wildman–Crippen LogP) is 2.28. The van der Waals surface area contributed by atoms with Crippen molar-refractivity contribution in [3.63, 3.8) is 0 Å². The first-order valence-corrected chi connectivity index (χ1v) is 4.77. The highest BCUT2D eigenvalue weighted by molar-refractivity contribution is 5.99. The molecule has 2 rings (SSSR count). The Balaban J connectivity index is 2.95. The molecule has 0 amide bonds. The number of carbonyl (C=O) groups is 1. The molecule has 80 valence electrons. The number of carboxylic acids is 1. The summed E-state index contributed by atoms with van der Waals surface area (Å²) in [5.74, 6) is -1.11. The van der Waals surface area contributed by atoms with Crippen molar-refractivity contribution in [2.75, 3.05) is 0 Å². The van der Waals surface area contributed by atoms with Gasteiger partial charge in [0.1, 0.15) is 0 Å².